The van der Waals surface area contributed by atoms with Crippen LogP contribution in [0, 0.1) is 0 Å². The van der Waals surface area contributed by atoms with Crippen molar-refractivity contribution in [1.29, 1.82) is 0 Å². The predicted octanol–water partition coefficient (Wildman–Crippen LogP) is 4.56. The molecule has 3 rings (SSSR count). The summed E-state index contributed by atoms with van der Waals surface area (Å²) in [4.78, 5) is 17.2. The number of fused-ring (bicyclic) bond motifs is 1. The highest BCUT2D eigenvalue weighted by molar-refractivity contribution is 9.10. The van der Waals surface area contributed by atoms with E-state index < -0.39 is 0 Å². The molecule has 1 N–H and O–H groups in total. The Bertz CT molecular complexity index is 860. The number of anilines is 1. The summed E-state index contributed by atoms with van der Waals surface area (Å²) in [5.41, 5.74) is 2.67. The van der Waals surface area contributed by atoms with Crippen LogP contribution in [-0.2, 0) is 6.42 Å². The molecule has 0 atom stereocenters. The van der Waals surface area contributed by atoms with Crippen LogP contribution >= 0.6 is 27.5 Å². The number of hydrogen-bond donors (Lipinski definition) is 1. The number of hydrogen-bond acceptors (Lipinski definition) is 2. The first-order valence-corrected chi connectivity index (χ1v) is 7.99. The number of amides is 1. The van der Waals surface area contributed by atoms with Gasteiger partial charge in [-0.1, -0.05) is 30.7 Å². The molecule has 4 nitrogen and oxygen atoms in total. The van der Waals surface area contributed by atoms with Crippen molar-refractivity contribution >= 4 is 44.8 Å². The second-order valence-corrected chi connectivity index (χ2v) is 6.06. The molecular weight excluding hydrogens is 366 g/mol. The van der Waals surface area contributed by atoms with E-state index in [1.165, 1.54) is 0 Å². The van der Waals surface area contributed by atoms with Gasteiger partial charge in [-0.3, -0.25) is 9.20 Å². The Morgan fingerprint density at radius 2 is 2.09 bits per heavy atom. The van der Waals surface area contributed by atoms with E-state index in [2.05, 4.69) is 26.2 Å². The lowest BCUT2D eigenvalue weighted by Gasteiger charge is -2.08. The van der Waals surface area contributed by atoms with Gasteiger partial charge in [0.25, 0.3) is 5.91 Å². The largest absolute Gasteiger partial charge is 0.320 e. The van der Waals surface area contributed by atoms with Crippen LogP contribution in [0.3, 0.4) is 0 Å². The van der Waals surface area contributed by atoms with Crippen molar-refractivity contribution in [2.24, 2.45) is 0 Å². The number of imidazole rings is 1. The Labute approximate surface area is 141 Å². The minimum atomic E-state index is -0.210. The molecular formula is C16H13BrClN3O. The number of aromatic nitrogens is 2. The zero-order valence-corrected chi connectivity index (χ0v) is 14.1. The van der Waals surface area contributed by atoms with Crippen LogP contribution in [0.4, 0.5) is 5.69 Å². The van der Waals surface area contributed by atoms with Gasteiger partial charge in [0, 0.05) is 10.7 Å². The number of benzene rings is 1. The second kappa shape index (κ2) is 6.10. The van der Waals surface area contributed by atoms with Crippen molar-refractivity contribution in [3.05, 3.63) is 63.5 Å². The smallest absolute Gasteiger partial charge is 0.274 e. The molecule has 0 bridgehead atoms. The Morgan fingerprint density at radius 1 is 1.32 bits per heavy atom. The Morgan fingerprint density at radius 3 is 2.82 bits per heavy atom. The highest BCUT2D eigenvalue weighted by Gasteiger charge is 2.19. The van der Waals surface area contributed by atoms with Gasteiger partial charge in [-0.05, 0) is 46.6 Å². The van der Waals surface area contributed by atoms with Crippen molar-refractivity contribution < 1.29 is 4.79 Å². The first-order chi connectivity index (χ1) is 10.6. The van der Waals surface area contributed by atoms with Gasteiger partial charge in [0.1, 0.15) is 11.3 Å². The molecule has 0 aliphatic heterocycles. The molecule has 112 valence electrons. The number of halogens is 2. The zero-order valence-electron chi connectivity index (χ0n) is 11.8. The summed E-state index contributed by atoms with van der Waals surface area (Å²) in [6.07, 6.45) is 2.37. The average molecular weight is 379 g/mol. The molecule has 0 spiro atoms. The first kappa shape index (κ1) is 15.1. The van der Waals surface area contributed by atoms with Crippen molar-refractivity contribution in [3.63, 3.8) is 0 Å². The third-order valence-electron chi connectivity index (χ3n) is 3.33. The minimum absolute atomic E-state index is 0.210. The van der Waals surface area contributed by atoms with E-state index in [0.717, 1.165) is 10.2 Å². The van der Waals surface area contributed by atoms with E-state index in [-0.39, 0.29) is 5.91 Å². The lowest BCUT2D eigenvalue weighted by atomic mass is 10.2. The van der Waals surface area contributed by atoms with Gasteiger partial charge >= 0.3 is 0 Å². The number of aryl methyl sites for hydroxylation is 1. The zero-order chi connectivity index (χ0) is 15.7. The quantitative estimate of drug-likeness (QED) is 0.726. The molecule has 6 heteroatoms. The van der Waals surface area contributed by atoms with E-state index in [1.54, 1.807) is 22.7 Å². The average Bonchev–Trinajstić information content (AvgIpc) is 2.87. The van der Waals surface area contributed by atoms with E-state index in [4.69, 9.17) is 11.6 Å². The fraction of sp³-hybridized carbons (Fsp3) is 0.125. The lowest BCUT2D eigenvalue weighted by molar-refractivity contribution is 0.102. The monoisotopic (exact) mass is 377 g/mol. The maximum atomic E-state index is 12.7. The minimum Gasteiger partial charge on any atom is -0.320 e. The molecule has 3 aromatic rings. The van der Waals surface area contributed by atoms with Gasteiger partial charge < -0.3 is 5.32 Å². The second-order valence-electron chi connectivity index (χ2n) is 4.77. The van der Waals surface area contributed by atoms with E-state index in [1.807, 2.05) is 31.2 Å². The van der Waals surface area contributed by atoms with E-state index in [0.29, 0.717) is 28.5 Å². The van der Waals surface area contributed by atoms with Crippen LogP contribution < -0.4 is 5.32 Å². The summed E-state index contributed by atoms with van der Waals surface area (Å²) in [5, 5.41) is 3.47. The molecule has 2 aromatic heterocycles. The van der Waals surface area contributed by atoms with Gasteiger partial charge in [-0.2, -0.15) is 0 Å². The van der Waals surface area contributed by atoms with Gasteiger partial charge in [-0.25, -0.2) is 4.98 Å². The molecule has 0 radical (unpaired) electrons. The van der Waals surface area contributed by atoms with E-state index >= 15 is 0 Å². The standard InChI is InChI=1S/C16H13BrClN3O/c1-2-12-15(21-9-10(18)7-8-14(21)19-12)16(22)20-13-6-4-3-5-11(13)17/h3-9H,2H2,1H3,(H,20,22). The molecule has 22 heavy (non-hydrogen) atoms. The molecule has 0 saturated carbocycles. The van der Waals surface area contributed by atoms with Crippen LogP contribution in [0.2, 0.25) is 5.02 Å². The molecule has 1 aromatic carbocycles. The SMILES string of the molecule is CCc1nc2ccc(Cl)cn2c1C(=O)Nc1ccccc1Br. The molecule has 1 amide bonds. The van der Waals surface area contributed by atoms with Gasteiger partial charge in [0.2, 0.25) is 0 Å². The fourth-order valence-corrected chi connectivity index (χ4v) is 2.84. The number of nitrogens with zero attached hydrogens (tertiary/aromatic N) is 2. The molecule has 0 aliphatic carbocycles. The third kappa shape index (κ3) is 2.74. The predicted molar refractivity (Wildman–Crippen MR) is 91.7 cm³/mol. The number of carbonyl (C=O) groups is 1. The topological polar surface area (TPSA) is 46.4 Å². The van der Waals surface area contributed by atoms with Gasteiger partial charge in [-0.15, -0.1) is 0 Å². The summed E-state index contributed by atoms with van der Waals surface area (Å²) in [7, 11) is 0. The van der Waals surface area contributed by atoms with Gasteiger partial charge in [0.15, 0.2) is 0 Å². The summed E-state index contributed by atoms with van der Waals surface area (Å²) >= 11 is 9.47. The van der Waals surface area contributed by atoms with Crippen LogP contribution in [0.25, 0.3) is 5.65 Å². The van der Waals surface area contributed by atoms with Gasteiger partial charge in [0.05, 0.1) is 16.4 Å². The third-order valence-corrected chi connectivity index (χ3v) is 4.24. The van der Waals surface area contributed by atoms with Crippen LogP contribution in [0.1, 0.15) is 23.1 Å². The number of rotatable bonds is 3. The fourth-order valence-electron chi connectivity index (χ4n) is 2.30. The van der Waals surface area contributed by atoms with Crippen LogP contribution in [-0.4, -0.2) is 15.3 Å². The Hall–Kier alpha value is -1.85. The molecule has 0 saturated heterocycles. The Balaban J connectivity index is 2.06. The van der Waals surface area contributed by atoms with Crippen molar-refractivity contribution in [1.82, 2.24) is 9.38 Å². The normalized spacial score (nSPS) is 10.9. The van der Waals surface area contributed by atoms with Crippen LogP contribution in [0.15, 0.2) is 47.1 Å². The number of carbonyl (C=O) groups excluding carboxylic acids is 1. The van der Waals surface area contributed by atoms with Crippen LogP contribution in [0.5, 0.6) is 0 Å². The summed E-state index contributed by atoms with van der Waals surface area (Å²) in [6.45, 7) is 1.97. The highest BCUT2D eigenvalue weighted by atomic mass is 79.9. The Kier molecular flexibility index (Phi) is 4.18. The van der Waals surface area contributed by atoms with Crippen molar-refractivity contribution in [2.75, 3.05) is 5.32 Å². The summed E-state index contributed by atoms with van der Waals surface area (Å²) in [6, 6.07) is 11.0. The maximum Gasteiger partial charge on any atom is 0.274 e. The molecule has 0 unspecified atom stereocenters. The lowest BCUT2D eigenvalue weighted by Crippen LogP contribution is -2.16. The summed E-state index contributed by atoms with van der Waals surface area (Å²) in [5.74, 6) is -0.210. The molecule has 2 heterocycles. The maximum absolute atomic E-state index is 12.7. The number of pyridine rings is 1. The first-order valence-electron chi connectivity index (χ1n) is 6.82. The summed E-state index contributed by atoms with van der Waals surface area (Å²) < 4.78 is 2.56. The highest BCUT2D eigenvalue weighted by Crippen LogP contribution is 2.23. The molecule has 0 fully saturated rings. The van der Waals surface area contributed by atoms with E-state index in [9.17, 15) is 4.79 Å². The molecule has 0 aliphatic rings. The number of para-hydroxylation sites is 1. The van der Waals surface area contributed by atoms with Crippen molar-refractivity contribution in [3.8, 4) is 0 Å². The number of nitrogens with one attached hydrogen (secondary N) is 1. The van der Waals surface area contributed by atoms with Crippen molar-refractivity contribution in [2.45, 2.75) is 13.3 Å².